The van der Waals surface area contributed by atoms with E-state index in [1.54, 1.807) is 0 Å². The molecule has 3 saturated heterocycles. The number of nitrogens with zero attached hydrogens (tertiary/aromatic N) is 2. The van der Waals surface area contributed by atoms with Gasteiger partial charge in [0.25, 0.3) is 0 Å². The zero-order valence-corrected chi connectivity index (χ0v) is 15.4. The number of hydrogen-bond donors (Lipinski definition) is 1. The normalized spacial score (nSPS) is 49.0. The Hall–Kier alpha value is -1.69. The van der Waals surface area contributed by atoms with Gasteiger partial charge in [0.2, 0.25) is 0 Å². The van der Waals surface area contributed by atoms with E-state index < -0.39 is 11.2 Å². The van der Waals surface area contributed by atoms with Gasteiger partial charge in [-0.25, -0.2) is 0 Å². The molecule has 1 N–H and O–H groups in total. The van der Waals surface area contributed by atoms with Crippen molar-refractivity contribution < 1.29 is 14.6 Å². The van der Waals surface area contributed by atoms with Crippen molar-refractivity contribution in [2.24, 2.45) is 16.9 Å². The van der Waals surface area contributed by atoms with Crippen molar-refractivity contribution in [3.63, 3.8) is 0 Å². The van der Waals surface area contributed by atoms with Crippen molar-refractivity contribution >= 4 is 6.21 Å². The summed E-state index contributed by atoms with van der Waals surface area (Å²) in [4.78, 5) is 0. The first-order chi connectivity index (χ1) is 12.4. The Morgan fingerprint density at radius 1 is 1.15 bits per heavy atom. The van der Waals surface area contributed by atoms with Crippen LogP contribution in [0.4, 0.5) is 0 Å². The first-order valence-electron chi connectivity index (χ1n) is 9.54. The van der Waals surface area contributed by atoms with Crippen molar-refractivity contribution in [3.8, 4) is 0 Å². The summed E-state index contributed by atoms with van der Waals surface area (Å²) in [6, 6.07) is 10.8. The van der Waals surface area contributed by atoms with Gasteiger partial charge < -0.3 is 14.6 Å². The van der Waals surface area contributed by atoms with E-state index in [0.29, 0.717) is 6.04 Å². The molecule has 0 amide bonds. The number of epoxide rings is 1. The Balaban J connectivity index is 1.29. The van der Waals surface area contributed by atoms with Crippen molar-refractivity contribution in [2.75, 3.05) is 6.54 Å². The van der Waals surface area contributed by atoms with Gasteiger partial charge in [-0.15, -0.1) is 0 Å². The molecular formula is C21H26N2O3. The fraction of sp³-hybridized carbons (Fsp3) is 0.571. The van der Waals surface area contributed by atoms with Crippen LogP contribution in [-0.2, 0) is 9.47 Å². The predicted molar refractivity (Wildman–Crippen MR) is 98.7 cm³/mol. The summed E-state index contributed by atoms with van der Waals surface area (Å²) >= 11 is 0. The number of benzene rings is 1. The number of hydrazone groups is 1. The van der Waals surface area contributed by atoms with Gasteiger partial charge in [0.05, 0.1) is 31.0 Å². The maximum Gasteiger partial charge on any atom is 0.132 e. The summed E-state index contributed by atoms with van der Waals surface area (Å²) in [6.07, 6.45) is 5.74. The van der Waals surface area contributed by atoms with Crippen molar-refractivity contribution in [3.05, 3.63) is 48.0 Å². The van der Waals surface area contributed by atoms with E-state index in [9.17, 15) is 5.11 Å². The van der Waals surface area contributed by atoms with Crippen LogP contribution in [0.25, 0.3) is 0 Å². The zero-order chi connectivity index (χ0) is 18.1. The minimum Gasteiger partial charge on any atom is -0.386 e. The van der Waals surface area contributed by atoms with Crippen molar-refractivity contribution in [2.45, 2.75) is 56.3 Å². The molecule has 3 fully saturated rings. The first kappa shape index (κ1) is 16.5. The molecule has 0 radical (unpaired) electrons. The molecule has 26 heavy (non-hydrogen) atoms. The summed E-state index contributed by atoms with van der Waals surface area (Å²) in [5, 5.41) is 18.2. The van der Waals surface area contributed by atoms with Gasteiger partial charge in [-0.05, 0) is 12.5 Å². The molecule has 1 aromatic carbocycles. The highest BCUT2D eigenvalue weighted by molar-refractivity contribution is 5.73. The third kappa shape index (κ3) is 2.30. The maximum atomic E-state index is 11.6. The van der Waals surface area contributed by atoms with E-state index >= 15 is 0 Å². The Morgan fingerprint density at radius 2 is 1.81 bits per heavy atom. The van der Waals surface area contributed by atoms with Crippen LogP contribution in [0.1, 0.15) is 32.4 Å². The third-order valence-corrected chi connectivity index (χ3v) is 6.74. The average molecular weight is 354 g/mol. The van der Waals surface area contributed by atoms with E-state index in [4.69, 9.17) is 9.47 Å². The molecule has 1 aromatic rings. The molecule has 5 heteroatoms. The second-order valence-corrected chi connectivity index (χ2v) is 8.39. The summed E-state index contributed by atoms with van der Waals surface area (Å²) in [5.74, 6) is -0.0166. The fourth-order valence-corrected chi connectivity index (χ4v) is 4.75. The van der Waals surface area contributed by atoms with E-state index in [2.05, 4.69) is 60.4 Å². The first-order valence-corrected chi connectivity index (χ1v) is 9.54. The summed E-state index contributed by atoms with van der Waals surface area (Å²) in [7, 11) is 0. The Kier molecular flexibility index (Phi) is 3.43. The predicted octanol–water partition coefficient (Wildman–Crippen LogP) is 2.53. The van der Waals surface area contributed by atoms with Gasteiger partial charge >= 0.3 is 0 Å². The van der Waals surface area contributed by atoms with Crippen LogP contribution >= 0.6 is 0 Å². The summed E-state index contributed by atoms with van der Waals surface area (Å²) in [6.45, 7) is 7.06. The van der Waals surface area contributed by atoms with Gasteiger partial charge in [0.1, 0.15) is 17.3 Å². The van der Waals surface area contributed by atoms with E-state index in [1.165, 1.54) is 5.56 Å². The number of hydrogen-bond acceptors (Lipinski definition) is 5. The number of aliphatic hydroxyl groups is 1. The van der Waals surface area contributed by atoms with Gasteiger partial charge in [-0.2, -0.15) is 5.10 Å². The zero-order valence-electron chi connectivity index (χ0n) is 15.4. The Bertz CT molecular complexity index is 746. The third-order valence-electron chi connectivity index (χ3n) is 6.74. The molecule has 0 aliphatic carbocycles. The average Bonchev–Trinajstić information content (AvgIpc) is 3.52. The molecule has 5 nitrogen and oxygen atoms in total. The van der Waals surface area contributed by atoms with Crippen LogP contribution in [0.3, 0.4) is 0 Å². The minimum atomic E-state index is -0.907. The number of rotatable bonds is 4. The molecule has 0 aromatic heterocycles. The van der Waals surface area contributed by atoms with E-state index in [1.807, 2.05) is 19.2 Å². The second kappa shape index (κ2) is 5.41. The lowest BCUT2D eigenvalue weighted by Gasteiger charge is -2.46. The maximum absolute atomic E-state index is 11.6. The molecule has 8 atom stereocenters. The lowest BCUT2D eigenvalue weighted by molar-refractivity contribution is -0.190. The molecule has 0 saturated carbocycles. The second-order valence-electron chi connectivity index (χ2n) is 8.39. The lowest BCUT2D eigenvalue weighted by atomic mass is 9.69. The molecule has 4 aliphatic rings. The standard InChI is InChI=1S/C21H26N2O3/c1-13-17-9-10-18(25-17)14(2)21(13,24)19-20(3,26-19)12-22-23-11-16(23)15-7-5-4-6-8-15/h4-10,12-14,16-19,24H,11H2,1-3H3/b22-12+/t13-,14+,16?,17?,18?,19-,20+,21?,23?/m0/s1. The lowest BCUT2D eigenvalue weighted by Crippen LogP contribution is -2.59. The molecule has 2 bridgehead atoms. The van der Waals surface area contributed by atoms with Crippen LogP contribution in [0.15, 0.2) is 47.6 Å². The smallest absolute Gasteiger partial charge is 0.132 e. The highest BCUT2D eigenvalue weighted by Crippen LogP contribution is 2.54. The highest BCUT2D eigenvalue weighted by Gasteiger charge is 2.69. The number of fused-ring (bicyclic) bond motifs is 2. The topological polar surface area (TPSA) is 57.4 Å². The van der Waals surface area contributed by atoms with E-state index in [-0.39, 0.29) is 30.1 Å². The SMILES string of the molecule is C[C@@H]1C2C=CC(O2)[C@H](C)C1(O)[C@H]1O[C@]1(C)/C=N/N1CC1c1ccccc1. The van der Waals surface area contributed by atoms with Gasteiger partial charge in [-0.3, -0.25) is 5.01 Å². The van der Waals surface area contributed by atoms with Gasteiger partial charge in [0, 0.05) is 11.8 Å². The minimum absolute atomic E-state index is 0.00831. The van der Waals surface area contributed by atoms with Crippen molar-refractivity contribution in [1.82, 2.24) is 5.01 Å². The molecule has 138 valence electrons. The molecule has 4 unspecified atom stereocenters. The summed E-state index contributed by atoms with van der Waals surface area (Å²) in [5.41, 5.74) is -0.135. The number of ether oxygens (including phenoxy) is 2. The summed E-state index contributed by atoms with van der Waals surface area (Å²) < 4.78 is 12.0. The molecule has 0 spiro atoms. The highest BCUT2D eigenvalue weighted by atomic mass is 16.6. The van der Waals surface area contributed by atoms with Crippen LogP contribution in [0.2, 0.25) is 0 Å². The van der Waals surface area contributed by atoms with E-state index in [0.717, 1.165) is 6.54 Å². The van der Waals surface area contributed by atoms with Crippen LogP contribution in [0, 0.1) is 11.8 Å². The molecule has 4 heterocycles. The Labute approximate surface area is 154 Å². The molecule has 4 aliphatic heterocycles. The van der Waals surface area contributed by atoms with Gasteiger partial charge in [0.15, 0.2) is 0 Å². The van der Waals surface area contributed by atoms with Gasteiger partial charge in [-0.1, -0.05) is 56.3 Å². The van der Waals surface area contributed by atoms with Crippen LogP contribution in [0.5, 0.6) is 0 Å². The van der Waals surface area contributed by atoms with Crippen molar-refractivity contribution in [1.29, 1.82) is 0 Å². The molecular weight excluding hydrogens is 328 g/mol. The molecule has 5 rings (SSSR count). The largest absolute Gasteiger partial charge is 0.386 e. The quantitative estimate of drug-likeness (QED) is 0.513. The van der Waals surface area contributed by atoms with Crippen LogP contribution in [-0.4, -0.2) is 52.4 Å². The fourth-order valence-electron chi connectivity index (χ4n) is 4.75. The monoisotopic (exact) mass is 354 g/mol. The van der Waals surface area contributed by atoms with Crippen LogP contribution < -0.4 is 0 Å². The Morgan fingerprint density at radius 3 is 2.46 bits per heavy atom.